The van der Waals surface area contributed by atoms with Gasteiger partial charge in [-0.2, -0.15) is 0 Å². The third kappa shape index (κ3) is 5.36. The van der Waals surface area contributed by atoms with Gasteiger partial charge in [-0.3, -0.25) is 4.79 Å². The van der Waals surface area contributed by atoms with Gasteiger partial charge in [-0.25, -0.2) is 4.79 Å². The molecule has 2 N–H and O–H groups in total. The quantitative estimate of drug-likeness (QED) is 0.769. The standard InChI is InChI=1S/C14H27N3O3/c1-4-11(9-13(18)19)10-15-14(20)17-7-5-12(6-8-17)16(2)3/h11-12H,4-10H2,1-3H3,(H,15,20)(H,18,19). The van der Waals surface area contributed by atoms with Crippen LogP contribution < -0.4 is 5.32 Å². The number of hydrogen-bond acceptors (Lipinski definition) is 3. The Hall–Kier alpha value is -1.30. The maximum Gasteiger partial charge on any atom is 0.317 e. The summed E-state index contributed by atoms with van der Waals surface area (Å²) in [6.45, 7) is 3.92. The van der Waals surface area contributed by atoms with Crippen molar-refractivity contribution in [3.8, 4) is 0 Å². The summed E-state index contributed by atoms with van der Waals surface area (Å²) in [7, 11) is 4.14. The lowest BCUT2D eigenvalue weighted by molar-refractivity contribution is -0.138. The first kappa shape index (κ1) is 16.8. The highest BCUT2D eigenvalue weighted by Gasteiger charge is 2.24. The second-order valence-electron chi connectivity index (χ2n) is 5.74. The Balaban J connectivity index is 2.31. The number of carboxylic acid groups (broad SMARTS) is 1. The molecule has 0 bridgehead atoms. The number of nitrogens with one attached hydrogen (secondary N) is 1. The van der Waals surface area contributed by atoms with Gasteiger partial charge in [0.25, 0.3) is 0 Å². The lowest BCUT2D eigenvalue weighted by atomic mass is 10.0. The van der Waals surface area contributed by atoms with Crippen molar-refractivity contribution in [2.75, 3.05) is 33.7 Å². The van der Waals surface area contributed by atoms with Crippen LogP contribution in [-0.2, 0) is 4.79 Å². The molecule has 2 amide bonds. The van der Waals surface area contributed by atoms with Crippen LogP contribution in [0.1, 0.15) is 32.6 Å². The summed E-state index contributed by atoms with van der Waals surface area (Å²) in [5.74, 6) is -0.798. The number of hydrogen-bond donors (Lipinski definition) is 2. The molecule has 1 fully saturated rings. The normalized spacial score (nSPS) is 18.1. The van der Waals surface area contributed by atoms with Gasteiger partial charge in [-0.15, -0.1) is 0 Å². The van der Waals surface area contributed by atoms with Crippen LogP contribution >= 0.6 is 0 Å². The maximum atomic E-state index is 12.0. The van der Waals surface area contributed by atoms with Crippen molar-refractivity contribution in [1.29, 1.82) is 0 Å². The number of amides is 2. The van der Waals surface area contributed by atoms with E-state index in [1.54, 1.807) is 0 Å². The average molecular weight is 285 g/mol. The zero-order valence-electron chi connectivity index (χ0n) is 12.8. The number of urea groups is 1. The van der Waals surface area contributed by atoms with Crippen molar-refractivity contribution in [3.63, 3.8) is 0 Å². The van der Waals surface area contributed by atoms with Crippen molar-refractivity contribution >= 4 is 12.0 Å². The van der Waals surface area contributed by atoms with Gasteiger partial charge < -0.3 is 20.2 Å². The lowest BCUT2D eigenvalue weighted by Gasteiger charge is -2.35. The molecule has 0 spiro atoms. The lowest BCUT2D eigenvalue weighted by Crippen LogP contribution is -2.48. The monoisotopic (exact) mass is 285 g/mol. The molecule has 6 heteroatoms. The molecule has 20 heavy (non-hydrogen) atoms. The van der Waals surface area contributed by atoms with Gasteiger partial charge in [-0.05, 0) is 32.9 Å². The van der Waals surface area contributed by atoms with Gasteiger partial charge in [0.2, 0.25) is 0 Å². The average Bonchev–Trinajstić information content (AvgIpc) is 2.42. The second-order valence-corrected chi connectivity index (χ2v) is 5.74. The number of likely N-dealkylation sites (tertiary alicyclic amines) is 1. The molecule has 6 nitrogen and oxygen atoms in total. The van der Waals surface area contributed by atoms with Gasteiger partial charge in [-0.1, -0.05) is 13.3 Å². The van der Waals surface area contributed by atoms with Crippen LogP contribution in [0.3, 0.4) is 0 Å². The highest BCUT2D eigenvalue weighted by atomic mass is 16.4. The molecule has 1 heterocycles. The fourth-order valence-corrected chi connectivity index (χ4v) is 2.54. The number of carbonyl (C=O) groups excluding carboxylic acids is 1. The Morgan fingerprint density at radius 3 is 2.40 bits per heavy atom. The molecule has 0 aromatic heterocycles. The van der Waals surface area contributed by atoms with E-state index in [1.165, 1.54) is 0 Å². The third-order valence-corrected chi connectivity index (χ3v) is 4.06. The molecule has 0 radical (unpaired) electrons. The van der Waals surface area contributed by atoms with Crippen molar-refractivity contribution < 1.29 is 14.7 Å². The molecular weight excluding hydrogens is 258 g/mol. The number of carboxylic acids is 1. The van der Waals surface area contributed by atoms with E-state index >= 15 is 0 Å². The number of carbonyl (C=O) groups is 2. The van der Waals surface area contributed by atoms with Crippen LogP contribution in [0.5, 0.6) is 0 Å². The summed E-state index contributed by atoms with van der Waals surface area (Å²) in [6, 6.07) is 0.487. The summed E-state index contributed by atoms with van der Waals surface area (Å²) >= 11 is 0. The molecule has 0 saturated carbocycles. The van der Waals surface area contributed by atoms with Crippen LogP contribution in [0.4, 0.5) is 4.79 Å². The molecule has 1 saturated heterocycles. The first-order valence-corrected chi connectivity index (χ1v) is 7.35. The zero-order chi connectivity index (χ0) is 15.1. The fourth-order valence-electron chi connectivity index (χ4n) is 2.54. The smallest absolute Gasteiger partial charge is 0.317 e. The Kier molecular flexibility index (Phi) is 6.78. The Labute approximate surface area is 121 Å². The first-order valence-electron chi connectivity index (χ1n) is 7.35. The van der Waals surface area contributed by atoms with E-state index in [1.807, 2.05) is 11.8 Å². The van der Waals surface area contributed by atoms with Crippen molar-refractivity contribution in [1.82, 2.24) is 15.1 Å². The van der Waals surface area contributed by atoms with E-state index in [2.05, 4.69) is 24.3 Å². The first-order chi connectivity index (χ1) is 9.43. The Morgan fingerprint density at radius 2 is 1.95 bits per heavy atom. The predicted molar refractivity (Wildman–Crippen MR) is 77.7 cm³/mol. The molecule has 1 rings (SSSR count). The van der Waals surface area contributed by atoms with E-state index in [0.29, 0.717) is 12.6 Å². The van der Waals surface area contributed by atoms with Crippen LogP contribution in [0.25, 0.3) is 0 Å². The zero-order valence-corrected chi connectivity index (χ0v) is 12.8. The minimum atomic E-state index is -0.808. The minimum absolute atomic E-state index is 0.00997. The molecule has 0 aromatic rings. The van der Waals surface area contributed by atoms with Crippen molar-refractivity contribution in [3.05, 3.63) is 0 Å². The largest absolute Gasteiger partial charge is 0.481 e. The fraction of sp³-hybridized carbons (Fsp3) is 0.857. The summed E-state index contributed by atoms with van der Waals surface area (Å²) in [4.78, 5) is 26.8. The number of rotatable bonds is 6. The van der Waals surface area contributed by atoms with E-state index < -0.39 is 5.97 Å². The molecule has 0 aliphatic carbocycles. The number of piperidine rings is 1. The molecule has 0 aromatic carbocycles. The molecule has 1 aliphatic rings. The van der Waals surface area contributed by atoms with Gasteiger partial charge in [0.05, 0.1) is 0 Å². The molecule has 1 aliphatic heterocycles. The number of nitrogens with zero attached hydrogens (tertiary/aromatic N) is 2. The Bertz CT molecular complexity index is 326. The molecule has 1 unspecified atom stereocenters. The van der Waals surface area contributed by atoms with Gasteiger partial charge in [0.1, 0.15) is 0 Å². The summed E-state index contributed by atoms with van der Waals surface area (Å²) in [5.41, 5.74) is 0. The second kappa shape index (κ2) is 8.09. The van der Waals surface area contributed by atoms with Crippen LogP contribution in [0.15, 0.2) is 0 Å². The van der Waals surface area contributed by atoms with E-state index in [9.17, 15) is 9.59 Å². The maximum absolute atomic E-state index is 12.0. The van der Waals surface area contributed by atoms with E-state index in [0.717, 1.165) is 32.4 Å². The van der Waals surface area contributed by atoms with Gasteiger partial charge >= 0.3 is 12.0 Å². The Morgan fingerprint density at radius 1 is 1.35 bits per heavy atom. The van der Waals surface area contributed by atoms with Crippen LogP contribution in [0.2, 0.25) is 0 Å². The van der Waals surface area contributed by atoms with Gasteiger partial charge in [0.15, 0.2) is 0 Å². The van der Waals surface area contributed by atoms with E-state index in [-0.39, 0.29) is 18.4 Å². The number of aliphatic carboxylic acids is 1. The van der Waals surface area contributed by atoms with Gasteiger partial charge in [0, 0.05) is 32.1 Å². The van der Waals surface area contributed by atoms with E-state index in [4.69, 9.17) is 5.11 Å². The van der Waals surface area contributed by atoms with Crippen LogP contribution in [0, 0.1) is 5.92 Å². The highest BCUT2D eigenvalue weighted by molar-refractivity contribution is 5.74. The van der Waals surface area contributed by atoms with Crippen molar-refractivity contribution in [2.45, 2.75) is 38.6 Å². The van der Waals surface area contributed by atoms with Crippen LogP contribution in [-0.4, -0.2) is 66.7 Å². The SMILES string of the molecule is CCC(CNC(=O)N1CCC(N(C)C)CC1)CC(=O)O. The summed E-state index contributed by atoms with van der Waals surface area (Å²) in [5, 5.41) is 11.6. The van der Waals surface area contributed by atoms with Crippen molar-refractivity contribution in [2.24, 2.45) is 5.92 Å². The summed E-state index contributed by atoms with van der Waals surface area (Å²) in [6.07, 6.45) is 2.86. The molecule has 1 atom stereocenters. The third-order valence-electron chi connectivity index (χ3n) is 4.06. The summed E-state index contributed by atoms with van der Waals surface area (Å²) < 4.78 is 0. The molecule has 116 valence electrons. The topological polar surface area (TPSA) is 72.9 Å². The predicted octanol–water partition coefficient (Wildman–Crippen LogP) is 1.22. The highest BCUT2D eigenvalue weighted by Crippen LogP contribution is 2.14. The molecular formula is C14H27N3O3. The minimum Gasteiger partial charge on any atom is -0.481 e.